The van der Waals surface area contributed by atoms with Crippen LogP contribution in [0, 0.1) is 0 Å². The van der Waals surface area contributed by atoms with E-state index in [9.17, 15) is 0 Å². The molecule has 0 bridgehead atoms. The van der Waals surface area contributed by atoms with E-state index < -0.39 is 4.87 Å². The lowest BCUT2D eigenvalue weighted by Gasteiger charge is -2.32. The van der Waals surface area contributed by atoms with Crippen molar-refractivity contribution >= 4 is 33.2 Å². The first-order valence-corrected chi connectivity index (χ1v) is 10.5. The van der Waals surface area contributed by atoms with E-state index in [0.717, 1.165) is 31.4 Å². The Kier molecular flexibility index (Phi) is 4.95. The molecule has 26 heavy (non-hydrogen) atoms. The summed E-state index contributed by atoms with van der Waals surface area (Å²) in [4.78, 5) is 6.59. The van der Waals surface area contributed by atoms with Crippen molar-refractivity contribution in [1.82, 2.24) is 9.88 Å². The van der Waals surface area contributed by atoms with Gasteiger partial charge in [0.15, 0.2) is 0 Å². The van der Waals surface area contributed by atoms with Gasteiger partial charge in [-0.05, 0) is 55.5 Å². The second kappa shape index (κ2) is 7.08. The molecule has 1 saturated heterocycles. The third kappa shape index (κ3) is 3.36. The van der Waals surface area contributed by atoms with Crippen LogP contribution in [0.15, 0.2) is 47.0 Å². The second-order valence-electron chi connectivity index (χ2n) is 7.46. The van der Waals surface area contributed by atoms with E-state index >= 15 is 0 Å². The van der Waals surface area contributed by atoms with Crippen molar-refractivity contribution in [2.24, 2.45) is 0 Å². The Balaban J connectivity index is 1.55. The number of ether oxygens (including phenoxy) is 1. The first-order chi connectivity index (χ1) is 12.5. The smallest absolute Gasteiger partial charge is 0.0982 e. The molecule has 1 aromatic carbocycles. The zero-order valence-corrected chi connectivity index (χ0v) is 17.1. The van der Waals surface area contributed by atoms with E-state index in [1.807, 2.05) is 12.4 Å². The molecule has 2 aromatic rings. The van der Waals surface area contributed by atoms with Crippen LogP contribution in [-0.4, -0.2) is 41.1 Å². The van der Waals surface area contributed by atoms with Gasteiger partial charge in [-0.3, -0.25) is 4.90 Å². The van der Waals surface area contributed by atoms with Gasteiger partial charge in [0.1, 0.15) is 0 Å². The minimum atomic E-state index is -0.454. The number of aromatic nitrogens is 1. The predicted octanol–water partition coefficient (Wildman–Crippen LogP) is 5.33. The molecule has 0 radical (unpaired) electrons. The molecule has 0 saturated carbocycles. The van der Waals surface area contributed by atoms with E-state index in [0.29, 0.717) is 6.04 Å². The molecule has 2 unspecified atom stereocenters. The van der Waals surface area contributed by atoms with E-state index in [-0.39, 0.29) is 6.10 Å². The van der Waals surface area contributed by atoms with Crippen molar-refractivity contribution < 1.29 is 4.74 Å². The summed E-state index contributed by atoms with van der Waals surface area (Å²) in [5.41, 5.74) is 7.16. The Bertz CT molecular complexity index is 870. The lowest BCUT2D eigenvalue weighted by molar-refractivity contribution is 0.120. The quantitative estimate of drug-likeness (QED) is 0.664. The van der Waals surface area contributed by atoms with Crippen LogP contribution in [0.3, 0.4) is 0 Å². The summed E-state index contributed by atoms with van der Waals surface area (Å²) < 4.78 is 6.86. The van der Waals surface area contributed by atoms with Gasteiger partial charge in [-0.2, -0.15) is 0 Å². The number of rotatable bonds is 3. The number of fused-ring (bicyclic) bond motifs is 2. The number of thiazole rings is 1. The Morgan fingerprint density at radius 2 is 2.08 bits per heavy atom. The Morgan fingerprint density at radius 1 is 1.31 bits per heavy atom. The number of halogens is 1. The number of hydrogen-bond donors (Lipinski definition) is 0. The first kappa shape index (κ1) is 18.2. The normalized spacial score (nSPS) is 28.2. The molecule has 0 spiro atoms. The van der Waals surface area contributed by atoms with Gasteiger partial charge in [0.25, 0.3) is 0 Å². The lowest BCUT2D eigenvalue weighted by atomic mass is 9.86. The minimum Gasteiger partial charge on any atom is -0.375 e. The summed E-state index contributed by atoms with van der Waals surface area (Å²) in [6.07, 6.45) is 6.47. The Labute approximate surface area is 164 Å². The van der Waals surface area contributed by atoms with Crippen molar-refractivity contribution in [1.29, 1.82) is 0 Å². The van der Waals surface area contributed by atoms with E-state index in [1.165, 1.54) is 21.4 Å². The third-order valence-corrected chi connectivity index (χ3v) is 6.89. The molecule has 2 heterocycles. The molecule has 1 fully saturated rings. The van der Waals surface area contributed by atoms with Crippen LogP contribution in [0.4, 0.5) is 0 Å². The molecular weight excluding hydrogens is 364 g/mol. The number of benzene rings is 1. The van der Waals surface area contributed by atoms with Crippen LogP contribution in [0.2, 0.25) is 0 Å². The average molecular weight is 389 g/mol. The summed E-state index contributed by atoms with van der Waals surface area (Å²) in [7, 11) is 1.74. The van der Waals surface area contributed by atoms with E-state index in [1.54, 1.807) is 18.4 Å². The van der Waals surface area contributed by atoms with E-state index in [2.05, 4.69) is 47.2 Å². The Hall–Kier alpha value is -1.20. The van der Waals surface area contributed by atoms with Gasteiger partial charge in [0.05, 0.1) is 26.7 Å². The summed E-state index contributed by atoms with van der Waals surface area (Å²) in [6, 6.07) is 7.06. The summed E-state index contributed by atoms with van der Waals surface area (Å²) in [6.45, 7) is 6.44. The van der Waals surface area contributed by atoms with Crippen molar-refractivity contribution in [3.05, 3.63) is 52.6 Å². The number of methoxy groups -OCH3 is 1. The van der Waals surface area contributed by atoms with Gasteiger partial charge in [-0.1, -0.05) is 18.2 Å². The monoisotopic (exact) mass is 388 g/mol. The van der Waals surface area contributed by atoms with E-state index in [4.69, 9.17) is 16.3 Å². The second-order valence-corrected chi connectivity index (χ2v) is 9.16. The average Bonchev–Trinajstić information content (AvgIpc) is 3.00. The van der Waals surface area contributed by atoms with Crippen molar-refractivity contribution in [2.45, 2.75) is 43.7 Å². The maximum atomic E-state index is 6.69. The van der Waals surface area contributed by atoms with Crippen LogP contribution in [0.5, 0.6) is 0 Å². The molecule has 4 rings (SSSR count). The van der Waals surface area contributed by atoms with Crippen LogP contribution in [0.25, 0.3) is 10.2 Å². The zero-order valence-electron chi connectivity index (χ0n) is 15.5. The van der Waals surface area contributed by atoms with Crippen LogP contribution < -0.4 is 0 Å². The van der Waals surface area contributed by atoms with Crippen LogP contribution >= 0.6 is 22.9 Å². The molecule has 3 atom stereocenters. The van der Waals surface area contributed by atoms with Gasteiger partial charge < -0.3 is 4.74 Å². The van der Waals surface area contributed by atoms with Crippen molar-refractivity contribution in [3.8, 4) is 0 Å². The highest BCUT2D eigenvalue weighted by molar-refractivity contribution is 7.16. The highest BCUT2D eigenvalue weighted by atomic mass is 35.5. The highest BCUT2D eigenvalue weighted by Gasteiger charge is 2.34. The largest absolute Gasteiger partial charge is 0.375 e. The standard InChI is InChI=1S/C21H25ClN2OS/c1-14(15-4-5-19-18(10-15)23-13-26-19)24-8-6-16-11-20(25-3)21(2,22)12-17(16)7-9-24/h4-5,10-14,20H,6-9H2,1-3H3/t14-,20?,21?/m0/s1. The SMILES string of the molecule is COC1C=C2CCN([C@@H](C)c3ccc4scnc4c3)CCC2=CC1(C)Cl. The molecule has 1 aromatic heterocycles. The molecule has 1 aliphatic carbocycles. The predicted molar refractivity (Wildman–Crippen MR) is 110 cm³/mol. The fourth-order valence-electron chi connectivity index (χ4n) is 4.12. The summed E-state index contributed by atoms with van der Waals surface area (Å²) >= 11 is 8.38. The van der Waals surface area contributed by atoms with Gasteiger partial charge in [0, 0.05) is 26.2 Å². The summed E-state index contributed by atoms with van der Waals surface area (Å²) in [5, 5.41) is 0. The maximum absolute atomic E-state index is 6.69. The molecule has 1 aliphatic heterocycles. The first-order valence-electron chi connectivity index (χ1n) is 9.19. The lowest BCUT2D eigenvalue weighted by Crippen LogP contribution is -2.35. The van der Waals surface area contributed by atoms with Crippen molar-refractivity contribution in [3.63, 3.8) is 0 Å². The molecule has 0 N–H and O–H groups in total. The van der Waals surface area contributed by atoms with Gasteiger partial charge >= 0.3 is 0 Å². The summed E-state index contributed by atoms with van der Waals surface area (Å²) in [5.74, 6) is 0. The van der Waals surface area contributed by atoms with Gasteiger partial charge in [0.2, 0.25) is 0 Å². The topological polar surface area (TPSA) is 25.4 Å². The zero-order chi connectivity index (χ0) is 18.3. The minimum absolute atomic E-state index is 0.0565. The number of alkyl halides is 1. The highest BCUT2D eigenvalue weighted by Crippen LogP contribution is 2.38. The molecule has 3 nitrogen and oxygen atoms in total. The molecule has 5 heteroatoms. The molecule has 138 valence electrons. The molecular formula is C21H25ClN2OS. The van der Waals surface area contributed by atoms with Crippen molar-refractivity contribution in [2.75, 3.05) is 20.2 Å². The number of likely N-dealkylation sites (tertiary alicyclic amines) is 1. The van der Waals surface area contributed by atoms with Gasteiger partial charge in [-0.25, -0.2) is 4.98 Å². The Morgan fingerprint density at radius 3 is 2.85 bits per heavy atom. The third-order valence-electron chi connectivity index (χ3n) is 5.75. The number of nitrogens with zero attached hydrogens (tertiary/aromatic N) is 2. The van der Waals surface area contributed by atoms with Gasteiger partial charge in [-0.15, -0.1) is 22.9 Å². The van der Waals surface area contributed by atoms with Crippen LogP contribution in [0.1, 0.15) is 38.3 Å². The van der Waals surface area contributed by atoms with Crippen LogP contribution in [-0.2, 0) is 4.74 Å². The number of hydrogen-bond acceptors (Lipinski definition) is 4. The maximum Gasteiger partial charge on any atom is 0.0982 e. The molecule has 0 amide bonds. The fourth-order valence-corrected chi connectivity index (χ4v) is 5.06. The fraction of sp³-hybridized carbons (Fsp3) is 0.476. The molecule has 2 aliphatic rings.